The van der Waals surface area contributed by atoms with Crippen molar-refractivity contribution < 1.29 is 19.1 Å². The first-order valence-electron chi connectivity index (χ1n) is 8.52. The van der Waals surface area contributed by atoms with E-state index in [0.717, 1.165) is 12.1 Å². The van der Waals surface area contributed by atoms with Crippen LogP contribution < -0.4 is 15.0 Å². The number of ether oxygens (including phenoxy) is 2. The summed E-state index contributed by atoms with van der Waals surface area (Å²) in [4.78, 5) is 26.0. The fraction of sp³-hybridized carbons (Fsp3) is 0.556. The van der Waals surface area contributed by atoms with Crippen LogP contribution in [0.1, 0.15) is 33.1 Å². The van der Waals surface area contributed by atoms with Gasteiger partial charge in [-0.2, -0.15) is 0 Å². The van der Waals surface area contributed by atoms with Gasteiger partial charge in [0.1, 0.15) is 11.9 Å². The van der Waals surface area contributed by atoms with E-state index in [1.807, 2.05) is 38.1 Å². The standard InChI is InChI=1S/C18H26N2O4/c1-3-23-12-6-11-19-17(21)9-10-18(22)20-13-14(2)24-16-8-5-4-7-15(16)20/h4-5,7-8,14H,3,6,9-13H2,1-2H3,(H,19,21)/t14-/m1/s1. The van der Waals surface area contributed by atoms with Crippen LogP contribution in [0.2, 0.25) is 0 Å². The molecule has 1 aromatic carbocycles. The molecule has 0 spiro atoms. The lowest BCUT2D eigenvalue weighted by Gasteiger charge is -2.33. The SMILES string of the molecule is CCOCCCNC(=O)CCC(=O)N1C[C@@H](C)Oc2ccccc21. The van der Waals surface area contributed by atoms with E-state index in [1.165, 1.54) is 0 Å². The number of fused-ring (bicyclic) bond motifs is 1. The Morgan fingerprint density at radius 2 is 2.12 bits per heavy atom. The van der Waals surface area contributed by atoms with E-state index >= 15 is 0 Å². The van der Waals surface area contributed by atoms with Crippen molar-refractivity contribution in [1.29, 1.82) is 0 Å². The van der Waals surface area contributed by atoms with Crippen LogP contribution in [0.25, 0.3) is 0 Å². The van der Waals surface area contributed by atoms with Crippen LogP contribution in [-0.4, -0.2) is 44.2 Å². The molecule has 2 rings (SSSR count). The highest BCUT2D eigenvalue weighted by atomic mass is 16.5. The molecule has 1 heterocycles. The zero-order chi connectivity index (χ0) is 17.4. The molecule has 6 heteroatoms. The maximum absolute atomic E-state index is 12.5. The van der Waals surface area contributed by atoms with Crippen molar-refractivity contribution in [3.63, 3.8) is 0 Å². The fourth-order valence-electron chi connectivity index (χ4n) is 2.62. The van der Waals surface area contributed by atoms with Crippen molar-refractivity contribution in [1.82, 2.24) is 5.32 Å². The summed E-state index contributed by atoms with van der Waals surface area (Å²) in [5.74, 6) is 0.557. The summed E-state index contributed by atoms with van der Waals surface area (Å²) in [6.45, 7) is 6.27. The zero-order valence-electron chi connectivity index (χ0n) is 14.4. The van der Waals surface area contributed by atoms with Crippen molar-refractivity contribution >= 4 is 17.5 Å². The Kier molecular flexibility index (Phi) is 7.06. The second-order valence-corrected chi connectivity index (χ2v) is 5.80. The minimum absolute atomic E-state index is 0.0536. The second kappa shape index (κ2) is 9.27. The number of nitrogens with zero attached hydrogens (tertiary/aromatic N) is 1. The van der Waals surface area contributed by atoms with E-state index in [-0.39, 0.29) is 30.8 Å². The van der Waals surface area contributed by atoms with E-state index in [2.05, 4.69) is 5.32 Å². The van der Waals surface area contributed by atoms with E-state index in [0.29, 0.717) is 32.1 Å². The van der Waals surface area contributed by atoms with Gasteiger partial charge in [0, 0.05) is 32.6 Å². The molecule has 1 N–H and O–H groups in total. The Bertz CT molecular complexity index is 562. The van der Waals surface area contributed by atoms with Gasteiger partial charge in [-0.05, 0) is 32.4 Å². The summed E-state index contributed by atoms with van der Waals surface area (Å²) in [6, 6.07) is 7.49. The molecule has 132 valence electrons. The van der Waals surface area contributed by atoms with Crippen LogP contribution in [-0.2, 0) is 14.3 Å². The molecule has 24 heavy (non-hydrogen) atoms. The average molecular weight is 334 g/mol. The van der Waals surface area contributed by atoms with Gasteiger partial charge in [-0.25, -0.2) is 0 Å². The molecular formula is C18H26N2O4. The molecule has 0 aliphatic carbocycles. The average Bonchev–Trinajstić information content (AvgIpc) is 2.58. The van der Waals surface area contributed by atoms with Crippen molar-refractivity contribution in [2.75, 3.05) is 31.2 Å². The Labute approximate surface area is 143 Å². The Morgan fingerprint density at radius 1 is 1.33 bits per heavy atom. The van der Waals surface area contributed by atoms with E-state index in [4.69, 9.17) is 9.47 Å². The molecule has 1 aliphatic rings. The lowest BCUT2D eigenvalue weighted by molar-refractivity contribution is -0.125. The normalized spacial score (nSPS) is 16.2. The smallest absolute Gasteiger partial charge is 0.227 e. The highest BCUT2D eigenvalue weighted by Gasteiger charge is 2.27. The summed E-state index contributed by atoms with van der Waals surface area (Å²) >= 11 is 0. The van der Waals surface area contributed by atoms with Crippen LogP contribution in [0.5, 0.6) is 5.75 Å². The predicted molar refractivity (Wildman–Crippen MR) is 92.2 cm³/mol. The number of para-hydroxylation sites is 2. The highest BCUT2D eigenvalue weighted by molar-refractivity contribution is 5.97. The van der Waals surface area contributed by atoms with E-state index in [9.17, 15) is 9.59 Å². The molecule has 0 saturated heterocycles. The van der Waals surface area contributed by atoms with Crippen LogP contribution in [0.3, 0.4) is 0 Å². The number of amides is 2. The number of carbonyl (C=O) groups is 2. The summed E-state index contributed by atoms with van der Waals surface area (Å²) < 4.78 is 11.0. The molecule has 6 nitrogen and oxygen atoms in total. The van der Waals surface area contributed by atoms with Gasteiger partial charge in [0.15, 0.2) is 0 Å². The first kappa shape index (κ1) is 18.3. The van der Waals surface area contributed by atoms with Gasteiger partial charge in [-0.15, -0.1) is 0 Å². The van der Waals surface area contributed by atoms with Gasteiger partial charge >= 0.3 is 0 Å². The Balaban J connectivity index is 1.79. The van der Waals surface area contributed by atoms with Gasteiger partial charge < -0.3 is 19.7 Å². The fourth-order valence-corrected chi connectivity index (χ4v) is 2.62. The summed E-state index contributed by atoms with van der Waals surface area (Å²) in [5.41, 5.74) is 0.776. The van der Waals surface area contributed by atoms with E-state index < -0.39 is 0 Å². The minimum Gasteiger partial charge on any atom is -0.487 e. The number of carbonyl (C=O) groups excluding carboxylic acids is 2. The van der Waals surface area contributed by atoms with Crippen LogP contribution >= 0.6 is 0 Å². The van der Waals surface area contributed by atoms with Gasteiger partial charge in [0.25, 0.3) is 0 Å². The Hall–Kier alpha value is -2.08. The summed E-state index contributed by atoms with van der Waals surface area (Å²) in [6.07, 6.45) is 1.11. The second-order valence-electron chi connectivity index (χ2n) is 5.80. The lowest BCUT2D eigenvalue weighted by atomic mass is 10.1. The molecule has 0 radical (unpaired) electrons. The quantitative estimate of drug-likeness (QED) is 0.740. The van der Waals surface area contributed by atoms with Crippen LogP contribution in [0.4, 0.5) is 5.69 Å². The first-order valence-corrected chi connectivity index (χ1v) is 8.52. The number of benzene rings is 1. The predicted octanol–water partition coefficient (Wildman–Crippen LogP) is 2.12. The zero-order valence-corrected chi connectivity index (χ0v) is 14.4. The van der Waals surface area contributed by atoms with Gasteiger partial charge in [0.2, 0.25) is 11.8 Å². The maximum Gasteiger partial charge on any atom is 0.227 e. The lowest BCUT2D eigenvalue weighted by Crippen LogP contribution is -2.42. The molecule has 0 unspecified atom stereocenters. The van der Waals surface area contributed by atoms with Crippen molar-refractivity contribution in [3.05, 3.63) is 24.3 Å². The van der Waals surface area contributed by atoms with Crippen LogP contribution in [0.15, 0.2) is 24.3 Å². The van der Waals surface area contributed by atoms with Crippen molar-refractivity contribution in [3.8, 4) is 5.75 Å². The molecule has 0 saturated carbocycles. The topological polar surface area (TPSA) is 67.9 Å². The Morgan fingerprint density at radius 3 is 2.92 bits per heavy atom. The van der Waals surface area contributed by atoms with Crippen molar-refractivity contribution in [2.24, 2.45) is 0 Å². The number of nitrogens with one attached hydrogen (secondary N) is 1. The molecule has 0 fully saturated rings. The summed E-state index contributed by atoms with van der Waals surface area (Å²) in [7, 11) is 0. The first-order chi connectivity index (χ1) is 11.6. The van der Waals surface area contributed by atoms with Crippen LogP contribution in [0, 0.1) is 0 Å². The number of hydrogen-bond acceptors (Lipinski definition) is 4. The van der Waals surface area contributed by atoms with Gasteiger partial charge in [-0.3, -0.25) is 9.59 Å². The van der Waals surface area contributed by atoms with Gasteiger partial charge in [0.05, 0.1) is 12.2 Å². The van der Waals surface area contributed by atoms with Crippen molar-refractivity contribution in [2.45, 2.75) is 39.2 Å². The maximum atomic E-state index is 12.5. The molecule has 0 aromatic heterocycles. The third-order valence-electron chi connectivity index (χ3n) is 3.78. The van der Waals surface area contributed by atoms with E-state index in [1.54, 1.807) is 4.90 Å². The highest BCUT2D eigenvalue weighted by Crippen LogP contribution is 2.33. The molecule has 1 atom stereocenters. The third kappa shape index (κ3) is 5.23. The third-order valence-corrected chi connectivity index (χ3v) is 3.78. The minimum atomic E-state index is -0.102. The molecular weight excluding hydrogens is 308 g/mol. The number of rotatable bonds is 8. The molecule has 1 aliphatic heterocycles. The van der Waals surface area contributed by atoms with Gasteiger partial charge in [-0.1, -0.05) is 12.1 Å². The number of anilines is 1. The molecule has 1 aromatic rings. The molecule has 0 bridgehead atoms. The summed E-state index contributed by atoms with van der Waals surface area (Å²) in [5, 5.41) is 2.81. The number of hydrogen-bond donors (Lipinski definition) is 1. The monoisotopic (exact) mass is 334 g/mol. The molecule has 2 amide bonds. The largest absolute Gasteiger partial charge is 0.487 e.